The summed E-state index contributed by atoms with van der Waals surface area (Å²) < 4.78 is 11.6. The maximum atomic E-state index is 5.81. The summed E-state index contributed by atoms with van der Waals surface area (Å²) in [4.78, 5) is 7.87. The van der Waals surface area contributed by atoms with E-state index in [9.17, 15) is 0 Å². The van der Waals surface area contributed by atoms with E-state index in [0.717, 1.165) is 40.3 Å². The van der Waals surface area contributed by atoms with E-state index in [1.807, 2.05) is 66.7 Å². The van der Waals surface area contributed by atoms with Crippen LogP contribution in [-0.4, -0.2) is 16.6 Å². The minimum atomic E-state index is 0.563. The van der Waals surface area contributed by atoms with Gasteiger partial charge in [-0.15, -0.1) is 0 Å². The third-order valence-corrected chi connectivity index (χ3v) is 4.12. The lowest BCUT2D eigenvalue weighted by molar-refractivity contribution is 0.302. The van der Waals surface area contributed by atoms with E-state index in [0.29, 0.717) is 13.2 Å². The number of para-hydroxylation sites is 2. The highest BCUT2D eigenvalue weighted by Crippen LogP contribution is 2.19. The Kier molecular flexibility index (Phi) is 4.83. The molecule has 1 aromatic heterocycles. The van der Waals surface area contributed by atoms with Crippen LogP contribution in [0.1, 0.15) is 11.4 Å². The molecule has 0 bridgehead atoms. The summed E-state index contributed by atoms with van der Waals surface area (Å²) in [6, 6.07) is 25.9. The van der Waals surface area contributed by atoms with Crippen molar-refractivity contribution >= 4 is 11.0 Å². The lowest BCUT2D eigenvalue weighted by Crippen LogP contribution is -2.02. The van der Waals surface area contributed by atoms with Crippen molar-refractivity contribution < 1.29 is 9.47 Å². The molecule has 26 heavy (non-hydrogen) atoms. The number of ether oxygens (including phenoxy) is 2. The molecule has 0 unspecified atom stereocenters. The van der Waals surface area contributed by atoms with Gasteiger partial charge in [0.1, 0.15) is 23.9 Å². The van der Waals surface area contributed by atoms with Gasteiger partial charge in [0.15, 0.2) is 0 Å². The van der Waals surface area contributed by atoms with Crippen molar-refractivity contribution in [2.75, 3.05) is 6.61 Å². The van der Waals surface area contributed by atoms with Crippen LogP contribution in [-0.2, 0) is 13.0 Å². The first-order chi connectivity index (χ1) is 12.9. The number of aromatic amines is 1. The number of nitrogens with one attached hydrogen (secondary N) is 1. The molecular formula is C22H20N2O2. The Morgan fingerprint density at radius 2 is 1.42 bits per heavy atom. The highest BCUT2D eigenvalue weighted by atomic mass is 16.5. The van der Waals surface area contributed by atoms with E-state index < -0.39 is 0 Å². The van der Waals surface area contributed by atoms with Crippen molar-refractivity contribution in [3.05, 3.63) is 90.3 Å². The minimum absolute atomic E-state index is 0.563. The zero-order valence-corrected chi connectivity index (χ0v) is 14.4. The maximum Gasteiger partial charge on any atom is 0.120 e. The smallest absolute Gasteiger partial charge is 0.120 e. The number of hydrogen-bond acceptors (Lipinski definition) is 3. The third kappa shape index (κ3) is 4.03. The van der Waals surface area contributed by atoms with E-state index in [1.165, 1.54) is 0 Å². The molecule has 0 spiro atoms. The van der Waals surface area contributed by atoms with Gasteiger partial charge in [-0.05, 0) is 42.0 Å². The summed E-state index contributed by atoms with van der Waals surface area (Å²) in [5.41, 5.74) is 3.20. The molecule has 0 aliphatic rings. The Labute approximate surface area is 152 Å². The second kappa shape index (κ2) is 7.74. The molecule has 0 aliphatic heterocycles. The topological polar surface area (TPSA) is 47.1 Å². The lowest BCUT2D eigenvalue weighted by Gasteiger charge is -2.08. The highest BCUT2D eigenvalue weighted by molar-refractivity contribution is 5.74. The molecule has 4 aromatic rings. The van der Waals surface area contributed by atoms with Crippen molar-refractivity contribution in [1.82, 2.24) is 9.97 Å². The standard InChI is InChI=1S/C22H20N2O2/c1-2-6-17(7-3-1)16-26-19-12-10-18(11-13-19)25-15-14-22-23-20-8-4-5-9-21(20)24-22/h1-13H,14-16H2,(H,23,24). The van der Waals surface area contributed by atoms with Crippen molar-refractivity contribution in [3.63, 3.8) is 0 Å². The predicted molar refractivity (Wildman–Crippen MR) is 103 cm³/mol. The number of H-pyrrole nitrogens is 1. The van der Waals surface area contributed by atoms with Crippen LogP contribution in [0.15, 0.2) is 78.9 Å². The van der Waals surface area contributed by atoms with E-state index in [2.05, 4.69) is 22.1 Å². The van der Waals surface area contributed by atoms with Gasteiger partial charge in [-0.2, -0.15) is 0 Å². The third-order valence-electron chi connectivity index (χ3n) is 4.12. The minimum Gasteiger partial charge on any atom is -0.493 e. The molecule has 3 aromatic carbocycles. The van der Waals surface area contributed by atoms with E-state index in [-0.39, 0.29) is 0 Å². The van der Waals surface area contributed by atoms with Crippen molar-refractivity contribution in [2.45, 2.75) is 13.0 Å². The summed E-state index contributed by atoms with van der Waals surface area (Å²) in [5.74, 6) is 2.60. The Morgan fingerprint density at radius 1 is 0.731 bits per heavy atom. The van der Waals surface area contributed by atoms with Gasteiger partial charge in [-0.3, -0.25) is 0 Å². The zero-order valence-electron chi connectivity index (χ0n) is 14.4. The second-order valence-corrected chi connectivity index (χ2v) is 6.04. The molecule has 4 heteroatoms. The Hall–Kier alpha value is -3.27. The molecule has 0 fully saturated rings. The fraction of sp³-hybridized carbons (Fsp3) is 0.136. The molecule has 1 heterocycles. The summed E-state index contributed by atoms with van der Waals surface area (Å²) >= 11 is 0. The van der Waals surface area contributed by atoms with Crippen LogP contribution in [0.4, 0.5) is 0 Å². The maximum absolute atomic E-state index is 5.81. The Balaban J connectivity index is 1.27. The van der Waals surface area contributed by atoms with Crippen LogP contribution in [0.25, 0.3) is 11.0 Å². The first kappa shape index (κ1) is 16.2. The lowest BCUT2D eigenvalue weighted by atomic mass is 10.2. The van der Waals surface area contributed by atoms with Gasteiger partial charge in [0.05, 0.1) is 17.6 Å². The number of nitrogens with zero attached hydrogens (tertiary/aromatic N) is 1. The van der Waals surface area contributed by atoms with Gasteiger partial charge in [-0.1, -0.05) is 42.5 Å². The van der Waals surface area contributed by atoms with Crippen LogP contribution in [0.3, 0.4) is 0 Å². The first-order valence-corrected chi connectivity index (χ1v) is 8.70. The quantitative estimate of drug-likeness (QED) is 0.526. The van der Waals surface area contributed by atoms with Crippen LogP contribution in [0.5, 0.6) is 11.5 Å². The summed E-state index contributed by atoms with van der Waals surface area (Å²) in [6.45, 7) is 1.14. The van der Waals surface area contributed by atoms with Gasteiger partial charge in [0, 0.05) is 6.42 Å². The summed E-state index contributed by atoms with van der Waals surface area (Å²) in [5, 5.41) is 0. The molecule has 130 valence electrons. The van der Waals surface area contributed by atoms with E-state index in [4.69, 9.17) is 9.47 Å². The van der Waals surface area contributed by atoms with Crippen LogP contribution < -0.4 is 9.47 Å². The largest absolute Gasteiger partial charge is 0.493 e. The normalized spacial score (nSPS) is 10.8. The van der Waals surface area contributed by atoms with E-state index in [1.54, 1.807) is 0 Å². The number of rotatable bonds is 7. The summed E-state index contributed by atoms with van der Waals surface area (Å²) in [7, 11) is 0. The monoisotopic (exact) mass is 344 g/mol. The average Bonchev–Trinajstić information content (AvgIpc) is 3.11. The number of aromatic nitrogens is 2. The fourth-order valence-electron chi connectivity index (χ4n) is 2.76. The van der Waals surface area contributed by atoms with Crippen molar-refractivity contribution in [1.29, 1.82) is 0 Å². The average molecular weight is 344 g/mol. The molecule has 1 N–H and O–H groups in total. The summed E-state index contributed by atoms with van der Waals surface area (Å²) in [6.07, 6.45) is 0.737. The van der Waals surface area contributed by atoms with Crippen LogP contribution in [0, 0.1) is 0 Å². The van der Waals surface area contributed by atoms with Gasteiger partial charge in [0.2, 0.25) is 0 Å². The van der Waals surface area contributed by atoms with Gasteiger partial charge < -0.3 is 14.5 Å². The fourth-order valence-corrected chi connectivity index (χ4v) is 2.76. The van der Waals surface area contributed by atoms with Gasteiger partial charge in [-0.25, -0.2) is 4.98 Å². The SMILES string of the molecule is c1ccc(COc2ccc(OCCc3nc4ccccc4[nH]3)cc2)cc1. The molecule has 0 amide bonds. The molecule has 4 rings (SSSR count). The first-order valence-electron chi connectivity index (χ1n) is 8.70. The van der Waals surface area contributed by atoms with Crippen LogP contribution in [0.2, 0.25) is 0 Å². The Morgan fingerprint density at radius 3 is 2.19 bits per heavy atom. The van der Waals surface area contributed by atoms with Crippen molar-refractivity contribution in [3.8, 4) is 11.5 Å². The van der Waals surface area contributed by atoms with Crippen LogP contribution >= 0.6 is 0 Å². The number of hydrogen-bond donors (Lipinski definition) is 1. The molecule has 0 saturated carbocycles. The highest BCUT2D eigenvalue weighted by Gasteiger charge is 2.03. The predicted octanol–water partition coefficient (Wildman–Crippen LogP) is 4.76. The molecule has 0 aliphatic carbocycles. The molecular weight excluding hydrogens is 324 g/mol. The second-order valence-electron chi connectivity index (χ2n) is 6.04. The van der Waals surface area contributed by atoms with E-state index >= 15 is 0 Å². The zero-order chi connectivity index (χ0) is 17.6. The molecule has 0 saturated heterocycles. The molecule has 0 radical (unpaired) electrons. The number of benzene rings is 3. The van der Waals surface area contributed by atoms with Gasteiger partial charge in [0.25, 0.3) is 0 Å². The number of imidazole rings is 1. The molecule has 4 nitrogen and oxygen atoms in total. The molecule has 0 atom stereocenters. The number of fused-ring (bicyclic) bond motifs is 1. The van der Waals surface area contributed by atoms with Gasteiger partial charge >= 0.3 is 0 Å². The Bertz CT molecular complexity index is 929. The van der Waals surface area contributed by atoms with Crippen molar-refractivity contribution in [2.24, 2.45) is 0 Å².